The highest BCUT2D eigenvalue weighted by Crippen LogP contribution is 2.30. The SMILES string of the molecule is COc1ccc(C(O)CN(C)C(=O)c2cccc(-n3cccc3)c2)cc1OC. The molecule has 3 rings (SSSR count). The standard InChI is InChI=1S/C22H24N2O4/c1-23(15-19(25)16-9-10-20(27-2)21(14-16)28-3)22(26)17-7-6-8-18(13-17)24-11-4-5-12-24/h4-14,19,25H,15H2,1-3H3. The van der Waals surface area contributed by atoms with Crippen LogP contribution in [-0.2, 0) is 0 Å². The van der Waals surface area contributed by atoms with E-state index in [-0.39, 0.29) is 12.5 Å². The molecular formula is C22H24N2O4. The number of hydrogen-bond donors (Lipinski definition) is 1. The Balaban J connectivity index is 1.73. The second-order valence-electron chi connectivity index (χ2n) is 6.46. The number of ether oxygens (including phenoxy) is 2. The van der Waals surface area contributed by atoms with Crippen molar-refractivity contribution in [3.63, 3.8) is 0 Å². The summed E-state index contributed by atoms with van der Waals surface area (Å²) in [4.78, 5) is 14.3. The van der Waals surface area contributed by atoms with Crippen LogP contribution in [0.3, 0.4) is 0 Å². The van der Waals surface area contributed by atoms with E-state index in [2.05, 4.69) is 0 Å². The monoisotopic (exact) mass is 380 g/mol. The van der Waals surface area contributed by atoms with Gasteiger partial charge in [0.2, 0.25) is 0 Å². The number of benzene rings is 2. The number of aliphatic hydroxyl groups excluding tert-OH is 1. The second kappa shape index (κ2) is 8.63. The number of methoxy groups -OCH3 is 2. The van der Waals surface area contributed by atoms with Crippen LogP contribution in [0.5, 0.6) is 11.5 Å². The molecule has 146 valence electrons. The molecule has 0 bridgehead atoms. The molecule has 2 aromatic carbocycles. The van der Waals surface area contributed by atoms with Crippen LogP contribution in [0.1, 0.15) is 22.0 Å². The van der Waals surface area contributed by atoms with Gasteiger partial charge in [0.25, 0.3) is 5.91 Å². The third-order valence-corrected chi connectivity index (χ3v) is 4.58. The molecule has 1 aromatic heterocycles. The Bertz CT molecular complexity index is 937. The molecule has 0 aliphatic heterocycles. The van der Waals surface area contributed by atoms with Gasteiger partial charge in [0.15, 0.2) is 11.5 Å². The molecule has 1 unspecified atom stereocenters. The van der Waals surface area contributed by atoms with Gasteiger partial charge in [0.1, 0.15) is 0 Å². The fraction of sp³-hybridized carbons (Fsp3) is 0.227. The van der Waals surface area contributed by atoms with Crippen molar-refractivity contribution in [3.8, 4) is 17.2 Å². The lowest BCUT2D eigenvalue weighted by atomic mass is 10.1. The van der Waals surface area contributed by atoms with Crippen LogP contribution >= 0.6 is 0 Å². The van der Waals surface area contributed by atoms with Crippen molar-refractivity contribution < 1.29 is 19.4 Å². The Morgan fingerprint density at radius 2 is 1.75 bits per heavy atom. The van der Waals surface area contributed by atoms with Crippen LogP contribution in [-0.4, -0.2) is 48.3 Å². The van der Waals surface area contributed by atoms with Gasteiger partial charge in [-0.15, -0.1) is 0 Å². The number of aliphatic hydroxyl groups is 1. The number of amides is 1. The highest BCUT2D eigenvalue weighted by molar-refractivity contribution is 5.94. The van der Waals surface area contributed by atoms with Crippen molar-refractivity contribution >= 4 is 5.91 Å². The fourth-order valence-electron chi connectivity index (χ4n) is 3.03. The first kappa shape index (κ1) is 19.5. The Morgan fingerprint density at radius 3 is 2.43 bits per heavy atom. The van der Waals surface area contributed by atoms with Crippen molar-refractivity contribution in [2.45, 2.75) is 6.10 Å². The lowest BCUT2D eigenvalue weighted by Gasteiger charge is -2.22. The van der Waals surface area contributed by atoms with Crippen molar-refractivity contribution in [3.05, 3.63) is 78.1 Å². The Kier molecular flexibility index (Phi) is 6.01. The molecule has 28 heavy (non-hydrogen) atoms. The first-order valence-electron chi connectivity index (χ1n) is 8.92. The van der Waals surface area contributed by atoms with Gasteiger partial charge in [-0.05, 0) is 48.0 Å². The molecule has 0 aliphatic carbocycles. The molecular weight excluding hydrogens is 356 g/mol. The van der Waals surface area contributed by atoms with Gasteiger partial charge >= 0.3 is 0 Å². The van der Waals surface area contributed by atoms with Crippen molar-refractivity contribution in [1.29, 1.82) is 0 Å². The molecule has 0 radical (unpaired) electrons. The molecule has 0 aliphatic rings. The lowest BCUT2D eigenvalue weighted by molar-refractivity contribution is 0.0680. The predicted octanol–water partition coefficient (Wildman–Crippen LogP) is 3.30. The highest BCUT2D eigenvalue weighted by Gasteiger charge is 2.18. The van der Waals surface area contributed by atoms with E-state index in [1.54, 1.807) is 45.5 Å². The molecule has 3 aromatic rings. The summed E-state index contributed by atoms with van der Waals surface area (Å²) < 4.78 is 12.4. The smallest absolute Gasteiger partial charge is 0.253 e. The van der Waals surface area contributed by atoms with Crippen LogP contribution < -0.4 is 9.47 Å². The van der Waals surface area contributed by atoms with E-state index in [0.29, 0.717) is 22.6 Å². The molecule has 0 saturated heterocycles. The molecule has 1 amide bonds. The first-order chi connectivity index (χ1) is 13.5. The maximum absolute atomic E-state index is 12.8. The molecule has 0 fully saturated rings. The minimum absolute atomic E-state index is 0.155. The topological polar surface area (TPSA) is 63.9 Å². The first-order valence-corrected chi connectivity index (χ1v) is 8.92. The normalized spacial score (nSPS) is 11.7. The molecule has 1 N–H and O–H groups in total. The summed E-state index contributed by atoms with van der Waals surface area (Å²) in [6.45, 7) is 0.155. The lowest BCUT2D eigenvalue weighted by Crippen LogP contribution is -2.31. The summed E-state index contributed by atoms with van der Waals surface area (Å²) in [6, 6.07) is 16.5. The van der Waals surface area contributed by atoms with Crippen LogP contribution in [0.4, 0.5) is 0 Å². The molecule has 1 heterocycles. The quantitative estimate of drug-likeness (QED) is 0.683. The van der Waals surface area contributed by atoms with E-state index in [1.807, 2.05) is 47.3 Å². The maximum Gasteiger partial charge on any atom is 0.253 e. The van der Waals surface area contributed by atoms with Gasteiger partial charge < -0.3 is 24.0 Å². The Hall–Kier alpha value is -3.25. The summed E-state index contributed by atoms with van der Waals surface area (Å²) >= 11 is 0. The number of nitrogens with zero attached hydrogens (tertiary/aromatic N) is 2. The van der Waals surface area contributed by atoms with E-state index in [9.17, 15) is 9.90 Å². The Morgan fingerprint density at radius 1 is 1.04 bits per heavy atom. The third-order valence-electron chi connectivity index (χ3n) is 4.58. The van der Waals surface area contributed by atoms with Crippen LogP contribution in [0.25, 0.3) is 5.69 Å². The summed E-state index contributed by atoms with van der Waals surface area (Å²) in [5.41, 5.74) is 2.12. The zero-order valence-corrected chi connectivity index (χ0v) is 16.2. The molecule has 0 spiro atoms. The average molecular weight is 380 g/mol. The molecule has 0 saturated carbocycles. The van der Waals surface area contributed by atoms with E-state index in [0.717, 1.165) is 5.69 Å². The maximum atomic E-state index is 12.8. The summed E-state index contributed by atoms with van der Waals surface area (Å²) in [5, 5.41) is 10.6. The van der Waals surface area contributed by atoms with Gasteiger partial charge in [0.05, 0.1) is 26.9 Å². The highest BCUT2D eigenvalue weighted by atomic mass is 16.5. The predicted molar refractivity (Wildman–Crippen MR) is 107 cm³/mol. The van der Waals surface area contributed by atoms with Gasteiger partial charge in [-0.1, -0.05) is 12.1 Å². The van der Waals surface area contributed by atoms with Crippen LogP contribution in [0.2, 0.25) is 0 Å². The molecule has 6 nitrogen and oxygen atoms in total. The Labute approximate surface area is 164 Å². The molecule has 6 heteroatoms. The van der Waals surface area contributed by atoms with Gasteiger partial charge in [-0.25, -0.2) is 0 Å². The average Bonchev–Trinajstić information content (AvgIpc) is 3.27. The van der Waals surface area contributed by atoms with Gasteiger partial charge in [0, 0.05) is 30.7 Å². The third kappa shape index (κ3) is 4.18. The van der Waals surface area contributed by atoms with Crippen molar-refractivity contribution in [2.75, 3.05) is 27.8 Å². The summed E-state index contributed by atoms with van der Waals surface area (Å²) in [7, 11) is 4.78. The fourth-order valence-corrected chi connectivity index (χ4v) is 3.03. The van der Waals surface area contributed by atoms with E-state index < -0.39 is 6.10 Å². The van der Waals surface area contributed by atoms with Crippen LogP contribution in [0.15, 0.2) is 67.0 Å². The van der Waals surface area contributed by atoms with Crippen molar-refractivity contribution in [1.82, 2.24) is 9.47 Å². The molecule has 1 atom stereocenters. The summed E-state index contributed by atoms with van der Waals surface area (Å²) in [5.74, 6) is 0.964. The summed E-state index contributed by atoms with van der Waals surface area (Å²) in [6.07, 6.45) is 3.00. The largest absolute Gasteiger partial charge is 0.493 e. The zero-order valence-electron chi connectivity index (χ0n) is 16.2. The number of carbonyl (C=O) groups is 1. The number of aromatic nitrogens is 1. The van der Waals surface area contributed by atoms with Gasteiger partial charge in [-0.3, -0.25) is 4.79 Å². The van der Waals surface area contributed by atoms with E-state index >= 15 is 0 Å². The number of likely N-dealkylation sites (N-methyl/N-ethyl adjacent to an activating group) is 1. The number of carbonyl (C=O) groups excluding carboxylic acids is 1. The van der Waals surface area contributed by atoms with E-state index in [4.69, 9.17) is 9.47 Å². The van der Waals surface area contributed by atoms with Gasteiger partial charge in [-0.2, -0.15) is 0 Å². The minimum atomic E-state index is -0.846. The minimum Gasteiger partial charge on any atom is -0.493 e. The second-order valence-corrected chi connectivity index (χ2v) is 6.46. The number of hydrogen-bond acceptors (Lipinski definition) is 4. The number of rotatable bonds is 7. The van der Waals surface area contributed by atoms with Crippen LogP contribution in [0, 0.1) is 0 Å². The van der Waals surface area contributed by atoms with E-state index in [1.165, 1.54) is 4.90 Å². The van der Waals surface area contributed by atoms with Crippen molar-refractivity contribution in [2.24, 2.45) is 0 Å². The zero-order chi connectivity index (χ0) is 20.1.